The number of hydrogen-bond acceptors (Lipinski definition) is 4. The van der Waals surface area contributed by atoms with Gasteiger partial charge in [-0.15, -0.1) is 0 Å². The summed E-state index contributed by atoms with van der Waals surface area (Å²) in [4.78, 5) is 0.139. The molecule has 3 aromatic carbocycles. The minimum Gasteiger partial charge on any atom is -0.592 e. The summed E-state index contributed by atoms with van der Waals surface area (Å²) >= 11 is 0. The van der Waals surface area contributed by atoms with Crippen molar-refractivity contribution < 1.29 is 20.3 Å². The molecule has 0 radical (unpaired) electrons. The molecule has 3 rings (SSSR count). The molecule has 0 amide bonds. The van der Waals surface area contributed by atoms with Gasteiger partial charge in [-0.1, -0.05) is 95.1 Å². The van der Waals surface area contributed by atoms with Crippen LogP contribution in [0.2, 0.25) is 0 Å². The van der Waals surface area contributed by atoms with Crippen molar-refractivity contribution in [2.75, 3.05) is 0 Å². The molecular formula is C29H38N2O4. The monoisotopic (exact) mass is 478 g/mol. The van der Waals surface area contributed by atoms with Crippen molar-refractivity contribution >= 4 is 5.69 Å². The second-order valence-electron chi connectivity index (χ2n) is 11.0. The molecule has 35 heavy (non-hydrogen) atoms. The zero-order valence-corrected chi connectivity index (χ0v) is 22.0. The van der Waals surface area contributed by atoms with Gasteiger partial charge in [0, 0.05) is 18.6 Å². The Balaban J connectivity index is 0.000000360. The smallest absolute Gasteiger partial charge is 0.248 e. The van der Waals surface area contributed by atoms with E-state index >= 15 is 0 Å². The zero-order chi connectivity index (χ0) is 26.6. The van der Waals surface area contributed by atoms with Crippen LogP contribution in [0.15, 0.2) is 59.9 Å². The van der Waals surface area contributed by atoms with E-state index in [2.05, 4.69) is 72.8 Å². The number of aryl methyl sites for hydroxylation is 2. The molecule has 6 heteroatoms. The molecule has 0 bridgehead atoms. The molecule has 0 aliphatic heterocycles. The van der Waals surface area contributed by atoms with Crippen LogP contribution in [-0.2, 0) is 17.3 Å². The van der Waals surface area contributed by atoms with E-state index in [-0.39, 0.29) is 15.7 Å². The summed E-state index contributed by atoms with van der Waals surface area (Å²) in [6.07, 6.45) is 0.521. The van der Waals surface area contributed by atoms with Crippen LogP contribution in [0.4, 0.5) is 5.69 Å². The first-order valence-corrected chi connectivity index (χ1v) is 11.7. The lowest BCUT2D eigenvalue weighted by molar-refractivity contribution is -0.473. The Bertz CT molecular complexity index is 1120. The minimum absolute atomic E-state index is 0.129. The van der Waals surface area contributed by atoms with Crippen LogP contribution in [-0.4, -0.2) is 20.3 Å². The maximum absolute atomic E-state index is 10.8. The van der Waals surface area contributed by atoms with E-state index in [9.17, 15) is 15.4 Å². The number of rotatable bonds is 3. The van der Waals surface area contributed by atoms with Crippen molar-refractivity contribution in [2.24, 2.45) is 5.28 Å². The Labute approximate surface area is 208 Å². The van der Waals surface area contributed by atoms with E-state index in [0.29, 0.717) is 23.6 Å². The number of para-hydroxylation sites is 1. The first-order chi connectivity index (χ1) is 16.1. The Morgan fingerprint density at radius 3 is 1.49 bits per heavy atom. The third-order valence-electron chi connectivity index (χ3n) is 5.72. The molecule has 0 fully saturated rings. The second kappa shape index (κ2) is 10.8. The van der Waals surface area contributed by atoms with Crippen molar-refractivity contribution in [3.63, 3.8) is 0 Å². The molecular weight excluding hydrogens is 440 g/mol. The maximum atomic E-state index is 10.8. The summed E-state index contributed by atoms with van der Waals surface area (Å²) in [5, 5.41) is 42.6. The lowest BCUT2D eigenvalue weighted by Crippen LogP contribution is -2.14. The molecule has 0 atom stereocenters. The van der Waals surface area contributed by atoms with E-state index in [0.717, 1.165) is 33.4 Å². The first kappa shape index (κ1) is 27.7. The standard InChI is InChI=1S/C23H32O2.C6H6N2O2/c1-14-9-16(20(24)18(11-14)22(3,4)5)13-17-10-15(2)12-19(21(17)25)23(6,7)8;9-7-8(10)6-4-2-1-3-5-6/h9-12,24-25H,13H2,1-8H3;1-5,9H. The molecule has 0 saturated heterocycles. The average molecular weight is 479 g/mol. The summed E-state index contributed by atoms with van der Waals surface area (Å²) in [5.74, 6) is 0.688. The molecule has 3 N–H and O–H groups in total. The van der Waals surface area contributed by atoms with Crippen LogP contribution in [0.1, 0.15) is 74.9 Å². The van der Waals surface area contributed by atoms with Crippen molar-refractivity contribution in [3.8, 4) is 11.5 Å². The van der Waals surface area contributed by atoms with Crippen LogP contribution >= 0.6 is 0 Å². The molecule has 0 unspecified atom stereocenters. The first-order valence-electron chi connectivity index (χ1n) is 11.7. The Morgan fingerprint density at radius 1 is 0.743 bits per heavy atom. The molecule has 0 aromatic heterocycles. The molecule has 0 aliphatic carbocycles. The van der Waals surface area contributed by atoms with Crippen LogP contribution in [0.3, 0.4) is 0 Å². The average Bonchev–Trinajstić information content (AvgIpc) is 2.77. The fraction of sp³-hybridized carbons (Fsp3) is 0.379. The predicted molar refractivity (Wildman–Crippen MR) is 140 cm³/mol. The van der Waals surface area contributed by atoms with Crippen LogP contribution in [0, 0.1) is 19.1 Å². The quantitative estimate of drug-likeness (QED) is 0.205. The number of phenolic OH excluding ortho intramolecular Hbond substituents is 2. The Morgan fingerprint density at radius 2 is 1.14 bits per heavy atom. The van der Waals surface area contributed by atoms with Gasteiger partial charge in [-0.25, -0.2) is 0 Å². The van der Waals surface area contributed by atoms with E-state index in [1.165, 1.54) is 0 Å². The fourth-order valence-corrected chi connectivity index (χ4v) is 3.93. The van der Waals surface area contributed by atoms with Gasteiger partial charge in [0.25, 0.3) is 0 Å². The molecule has 0 aliphatic rings. The lowest BCUT2D eigenvalue weighted by Gasteiger charge is -2.25. The number of phenols is 2. The largest absolute Gasteiger partial charge is 0.592 e. The van der Waals surface area contributed by atoms with E-state index in [1.807, 2.05) is 12.1 Å². The van der Waals surface area contributed by atoms with Gasteiger partial charge in [0.05, 0.1) is 0 Å². The van der Waals surface area contributed by atoms with Gasteiger partial charge in [-0.3, -0.25) is 0 Å². The Kier molecular flexibility index (Phi) is 8.55. The molecule has 0 saturated carbocycles. The van der Waals surface area contributed by atoms with Crippen LogP contribution in [0.5, 0.6) is 11.5 Å². The number of benzene rings is 3. The van der Waals surface area contributed by atoms with Gasteiger partial charge < -0.3 is 20.6 Å². The number of hydrogen-bond donors (Lipinski definition) is 3. The summed E-state index contributed by atoms with van der Waals surface area (Å²) in [6, 6.07) is 16.4. The van der Waals surface area contributed by atoms with Crippen LogP contribution in [0.25, 0.3) is 0 Å². The highest BCUT2D eigenvalue weighted by atomic mass is 16.6. The SMILES string of the molecule is Cc1cc(Cc2cc(C)cc(C(C)(C)C)c2O)c(O)c(C(C)(C)C)c1.[O-][N+](=NO)c1ccccc1. The minimum atomic E-state index is -0.129. The summed E-state index contributed by atoms with van der Waals surface area (Å²) in [6.45, 7) is 16.7. The predicted octanol–water partition coefficient (Wildman–Crippen LogP) is 7.57. The van der Waals surface area contributed by atoms with E-state index < -0.39 is 0 Å². The molecule has 6 nitrogen and oxygen atoms in total. The van der Waals surface area contributed by atoms with Gasteiger partial charge in [0.15, 0.2) is 0 Å². The highest BCUT2D eigenvalue weighted by Crippen LogP contribution is 2.39. The van der Waals surface area contributed by atoms with E-state index in [1.54, 1.807) is 30.3 Å². The molecule has 188 valence electrons. The van der Waals surface area contributed by atoms with Crippen molar-refractivity contribution in [2.45, 2.75) is 72.6 Å². The lowest BCUT2D eigenvalue weighted by atomic mass is 9.81. The van der Waals surface area contributed by atoms with Gasteiger partial charge in [-0.2, -0.15) is 0 Å². The summed E-state index contributed by atoms with van der Waals surface area (Å²) < 4.78 is 0. The molecule has 0 heterocycles. The van der Waals surface area contributed by atoms with Gasteiger partial charge in [0.2, 0.25) is 11.0 Å². The topological polar surface area (TPSA) is 99.1 Å². The van der Waals surface area contributed by atoms with Gasteiger partial charge >= 0.3 is 0 Å². The second-order valence-corrected chi connectivity index (χ2v) is 11.0. The zero-order valence-electron chi connectivity index (χ0n) is 22.0. The fourth-order valence-electron chi connectivity index (χ4n) is 3.93. The van der Waals surface area contributed by atoms with Gasteiger partial charge in [0.1, 0.15) is 11.5 Å². The normalized spacial score (nSPS) is 12.2. The van der Waals surface area contributed by atoms with Crippen molar-refractivity contribution in [1.82, 2.24) is 0 Å². The van der Waals surface area contributed by atoms with Crippen LogP contribution < -0.4 is 0 Å². The number of nitrogens with zero attached hydrogens (tertiary/aromatic N) is 2. The summed E-state index contributed by atoms with van der Waals surface area (Å²) in [5.41, 5.74) is 5.94. The Hall–Kier alpha value is -3.54. The molecule has 0 spiro atoms. The van der Waals surface area contributed by atoms with E-state index in [4.69, 9.17) is 5.21 Å². The highest BCUT2D eigenvalue weighted by Gasteiger charge is 2.24. The third kappa shape index (κ3) is 7.22. The summed E-state index contributed by atoms with van der Waals surface area (Å²) in [7, 11) is 0. The highest BCUT2D eigenvalue weighted by molar-refractivity contribution is 5.53. The van der Waals surface area contributed by atoms with Crippen molar-refractivity contribution in [1.29, 1.82) is 0 Å². The van der Waals surface area contributed by atoms with Crippen molar-refractivity contribution in [3.05, 3.63) is 93.2 Å². The van der Waals surface area contributed by atoms with Gasteiger partial charge in [-0.05, 0) is 51.8 Å². The third-order valence-corrected chi connectivity index (χ3v) is 5.72. The number of aromatic hydroxyl groups is 2. The molecule has 3 aromatic rings. The maximum Gasteiger partial charge on any atom is 0.248 e.